The van der Waals surface area contributed by atoms with Crippen molar-refractivity contribution in [2.75, 3.05) is 11.1 Å². The highest BCUT2D eigenvalue weighted by atomic mass is 32.2. The molecule has 0 saturated heterocycles. The van der Waals surface area contributed by atoms with E-state index in [1.54, 1.807) is 10.6 Å². The minimum Gasteiger partial charge on any atom is -0.461 e. The minimum absolute atomic E-state index is 0.138. The molecule has 31 heavy (non-hydrogen) atoms. The van der Waals surface area contributed by atoms with Crippen LogP contribution in [0.25, 0.3) is 21.5 Å². The van der Waals surface area contributed by atoms with Crippen LogP contribution in [-0.4, -0.2) is 21.2 Å². The van der Waals surface area contributed by atoms with Gasteiger partial charge in [-0.05, 0) is 37.6 Å². The van der Waals surface area contributed by atoms with E-state index in [9.17, 15) is 9.59 Å². The third kappa shape index (κ3) is 4.35. The van der Waals surface area contributed by atoms with Crippen molar-refractivity contribution < 1.29 is 9.21 Å². The summed E-state index contributed by atoms with van der Waals surface area (Å²) in [6.45, 7) is 7.86. The predicted octanol–water partition coefficient (Wildman–Crippen LogP) is 5.25. The number of thiophene rings is 1. The molecule has 0 atom stereocenters. The van der Waals surface area contributed by atoms with Gasteiger partial charge in [0.15, 0.2) is 5.16 Å². The Hall–Kier alpha value is -3.10. The van der Waals surface area contributed by atoms with Gasteiger partial charge in [0.25, 0.3) is 5.56 Å². The van der Waals surface area contributed by atoms with E-state index < -0.39 is 0 Å². The second kappa shape index (κ2) is 8.95. The number of nitrogens with one attached hydrogen (secondary N) is 1. The molecule has 3 heterocycles. The van der Waals surface area contributed by atoms with Gasteiger partial charge in [-0.1, -0.05) is 36.0 Å². The maximum absolute atomic E-state index is 13.3. The molecule has 0 unspecified atom stereocenters. The molecule has 0 fully saturated rings. The van der Waals surface area contributed by atoms with Gasteiger partial charge in [0, 0.05) is 23.2 Å². The molecule has 4 rings (SSSR count). The first-order valence-electron chi connectivity index (χ1n) is 9.66. The van der Waals surface area contributed by atoms with Gasteiger partial charge >= 0.3 is 0 Å². The van der Waals surface area contributed by atoms with Crippen molar-refractivity contribution in [1.82, 2.24) is 9.55 Å². The van der Waals surface area contributed by atoms with E-state index in [2.05, 4.69) is 16.9 Å². The van der Waals surface area contributed by atoms with Crippen LogP contribution < -0.4 is 10.9 Å². The van der Waals surface area contributed by atoms with Crippen molar-refractivity contribution in [2.24, 2.45) is 0 Å². The number of anilines is 1. The second-order valence-corrected chi connectivity index (χ2v) is 8.79. The van der Waals surface area contributed by atoms with E-state index >= 15 is 0 Å². The number of amides is 1. The number of para-hydroxylation sites is 1. The fourth-order valence-electron chi connectivity index (χ4n) is 3.20. The number of thioether (sulfide) groups is 1. The van der Waals surface area contributed by atoms with E-state index in [1.165, 1.54) is 23.1 Å². The molecule has 3 aromatic heterocycles. The largest absolute Gasteiger partial charge is 0.461 e. The molecular formula is C23H21N3O3S2. The van der Waals surface area contributed by atoms with Gasteiger partial charge in [0.2, 0.25) is 5.91 Å². The summed E-state index contributed by atoms with van der Waals surface area (Å²) in [7, 11) is 0. The van der Waals surface area contributed by atoms with Gasteiger partial charge in [-0.25, -0.2) is 4.98 Å². The lowest BCUT2D eigenvalue weighted by Gasteiger charge is -2.11. The van der Waals surface area contributed by atoms with Gasteiger partial charge < -0.3 is 9.73 Å². The van der Waals surface area contributed by atoms with Crippen LogP contribution in [-0.2, 0) is 11.3 Å². The zero-order chi connectivity index (χ0) is 22.0. The maximum atomic E-state index is 13.3. The Bertz CT molecular complexity index is 1330. The van der Waals surface area contributed by atoms with Gasteiger partial charge in [-0.3, -0.25) is 14.2 Å². The number of aromatic nitrogens is 2. The zero-order valence-corrected chi connectivity index (χ0v) is 18.8. The van der Waals surface area contributed by atoms with Crippen LogP contribution in [0.5, 0.6) is 0 Å². The summed E-state index contributed by atoms with van der Waals surface area (Å²) >= 11 is 2.62. The minimum atomic E-state index is -0.169. The third-order valence-corrected chi connectivity index (χ3v) is 6.58. The Kier molecular flexibility index (Phi) is 6.11. The number of allylic oxidation sites excluding steroid dienone is 1. The van der Waals surface area contributed by atoms with Crippen LogP contribution in [0.3, 0.4) is 0 Å². The number of rotatable bonds is 7. The van der Waals surface area contributed by atoms with E-state index in [0.29, 0.717) is 27.7 Å². The summed E-state index contributed by atoms with van der Waals surface area (Å²) in [4.78, 5) is 31.1. The van der Waals surface area contributed by atoms with Gasteiger partial charge in [0.1, 0.15) is 16.4 Å². The normalized spacial score (nSPS) is 11.0. The first-order valence-corrected chi connectivity index (χ1v) is 11.5. The Balaban J connectivity index is 1.64. The van der Waals surface area contributed by atoms with Crippen molar-refractivity contribution in [3.05, 3.63) is 76.1 Å². The lowest BCUT2D eigenvalue weighted by Crippen LogP contribution is -2.23. The van der Waals surface area contributed by atoms with Crippen LogP contribution in [0.4, 0.5) is 5.69 Å². The van der Waals surface area contributed by atoms with Crippen LogP contribution >= 0.6 is 23.1 Å². The average Bonchev–Trinajstić information content (AvgIpc) is 3.36. The van der Waals surface area contributed by atoms with Crippen molar-refractivity contribution in [1.29, 1.82) is 0 Å². The Labute approximate surface area is 187 Å². The lowest BCUT2D eigenvalue weighted by molar-refractivity contribution is -0.113. The van der Waals surface area contributed by atoms with Gasteiger partial charge in [0.05, 0.1) is 11.1 Å². The summed E-state index contributed by atoms with van der Waals surface area (Å²) in [5, 5.41) is 5.80. The third-order valence-electron chi connectivity index (χ3n) is 4.73. The highest BCUT2D eigenvalue weighted by Crippen LogP contribution is 2.33. The molecule has 0 aliphatic rings. The average molecular weight is 452 g/mol. The number of carbonyl (C=O) groups excluding carboxylic acids is 1. The smallest absolute Gasteiger partial charge is 0.263 e. The van der Waals surface area contributed by atoms with Crippen molar-refractivity contribution in [3.8, 4) is 11.3 Å². The maximum Gasteiger partial charge on any atom is 0.263 e. The quantitative estimate of drug-likeness (QED) is 0.236. The number of hydrogen-bond donors (Lipinski definition) is 1. The standard InChI is InChI=1S/C23H21N3O3S2/c1-4-11-26-22(28)20-16(18-10-9-15(3)29-18)12-30-21(20)25-23(26)31-13-19(27)24-17-8-6-5-7-14(17)2/h4-10,12H,1,11,13H2,2-3H3,(H,24,27). The van der Waals surface area contributed by atoms with Crippen molar-refractivity contribution in [3.63, 3.8) is 0 Å². The Morgan fingerprint density at radius 3 is 2.81 bits per heavy atom. The van der Waals surface area contributed by atoms with Gasteiger partial charge in [-0.15, -0.1) is 17.9 Å². The summed E-state index contributed by atoms with van der Waals surface area (Å²) in [5.74, 6) is 1.40. The number of aryl methyl sites for hydroxylation is 2. The molecule has 0 bridgehead atoms. The van der Waals surface area contributed by atoms with Crippen LogP contribution in [0.2, 0.25) is 0 Å². The Morgan fingerprint density at radius 1 is 1.29 bits per heavy atom. The number of nitrogens with zero attached hydrogens (tertiary/aromatic N) is 2. The number of fused-ring (bicyclic) bond motifs is 1. The van der Waals surface area contributed by atoms with Crippen molar-refractivity contribution >= 4 is 44.9 Å². The number of carbonyl (C=O) groups is 1. The molecule has 0 spiro atoms. The predicted molar refractivity (Wildman–Crippen MR) is 127 cm³/mol. The van der Waals surface area contributed by atoms with Crippen LogP contribution in [0, 0.1) is 13.8 Å². The van der Waals surface area contributed by atoms with E-state index in [4.69, 9.17) is 4.42 Å². The van der Waals surface area contributed by atoms with Crippen LogP contribution in [0.1, 0.15) is 11.3 Å². The molecule has 0 aliphatic heterocycles. The highest BCUT2D eigenvalue weighted by molar-refractivity contribution is 7.99. The zero-order valence-electron chi connectivity index (χ0n) is 17.2. The molecule has 0 radical (unpaired) electrons. The molecule has 6 nitrogen and oxygen atoms in total. The Morgan fingerprint density at radius 2 is 2.10 bits per heavy atom. The van der Waals surface area contributed by atoms with Crippen molar-refractivity contribution in [2.45, 2.75) is 25.5 Å². The summed E-state index contributed by atoms with van der Waals surface area (Å²) in [6, 6.07) is 11.3. The first kappa shape index (κ1) is 21.1. The molecule has 4 aromatic rings. The number of furan rings is 1. The van der Waals surface area contributed by atoms with E-state index in [1.807, 2.05) is 55.6 Å². The molecule has 0 saturated carbocycles. The van der Waals surface area contributed by atoms with E-state index in [0.717, 1.165) is 22.6 Å². The summed E-state index contributed by atoms with van der Waals surface area (Å²) < 4.78 is 7.27. The number of hydrogen-bond acceptors (Lipinski definition) is 6. The molecule has 1 N–H and O–H groups in total. The lowest BCUT2D eigenvalue weighted by atomic mass is 10.2. The highest BCUT2D eigenvalue weighted by Gasteiger charge is 2.19. The molecule has 1 aromatic carbocycles. The summed E-state index contributed by atoms with van der Waals surface area (Å²) in [5.41, 5.74) is 2.33. The monoisotopic (exact) mass is 451 g/mol. The molecule has 158 valence electrons. The molecule has 8 heteroatoms. The SMILES string of the molecule is C=CCn1c(SCC(=O)Nc2ccccc2C)nc2scc(-c3ccc(C)o3)c2c1=O. The first-order chi connectivity index (χ1) is 15.0. The topological polar surface area (TPSA) is 77.1 Å². The molecular weight excluding hydrogens is 430 g/mol. The fraction of sp³-hybridized carbons (Fsp3) is 0.174. The summed E-state index contributed by atoms with van der Waals surface area (Å²) in [6.07, 6.45) is 1.65. The van der Waals surface area contributed by atoms with Crippen LogP contribution in [0.15, 0.2) is 68.8 Å². The molecule has 1 amide bonds. The van der Waals surface area contributed by atoms with Gasteiger partial charge in [-0.2, -0.15) is 0 Å². The van der Waals surface area contributed by atoms with E-state index in [-0.39, 0.29) is 17.2 Å². The fourth-order valence-corrected chi connectivity index (χ4v) is 4.97. The second-order valence-electron chi connectivity index (χ2n) is 6.99. The molecule has 0 aliphatic carbocycles. The number of benzene rings is 1.